The van der Waals surface area contributed by atoms with Crippen LogP contribution in [0.1, 0.15) is 25.0 Å². The molecule has 3 rings (SSSR count). The van der Waals surface area contributed by atoms with E-state index in [2.05, 4.69) is 6.08 Å². The predicted octanol–water partition coefficient (Wildman–Crippen LogP) is 5.04. The Morgan fingerprint density at radius 2 is 1.26 bits per heavy atom. The normalized spacial score (nSPS) is 18.2. The third-order valence-corrected chi connectivity index (χ3v) is 4.24. The molecule has 0 saturated heterocycles. The van der Waals surface area contributed by atoms with Crippen molar-refractivity contribution < 1.29 is 4.79 Å². The molecular formula is C20H22N2O. The van der Waals surface area contributed by atoms with Crippen LogP contribution in [0.3, 0.4) is 0 Å². The molecule has 0 N–H and O–H groups in total. The maximum Gasteiger partial charge on any atom is 0.333 e. The third kappa shape index (κ3) is 2.87. The van der Waals surface area contributed by atoms with Crippen LogP contribution in [-0.2, 0) is 0 Å². The average Bonchev–Trinajstić information content (AvgIpc) is 2.50. The Hall–Kier alpha value is -2.55. The number of allylic oxidation sites excluding steroid dienone is 1. The van der Waals surface area contributed by atoms with E-state index < -0.39 is 0 Å². The summed E-state index contributed by atoms with van der Waals surface area (Å²) in [6, 6.07) is 16.2. The molecule has 0 aromatic heterocycles. The fourth-order valence-electron chi connectivity index (χ4n) is 2.99. The third-order valence-electron chi connectivity index (χ3n) is 4.24. The second kappa shape index (κ2) is 5.92. The van der Waals surface area contributed by atoms with Gasteiger partial charge in [0, 0.05) is 11.4 Å². The van der Waals surface area contributed by atoms with Gasteiger partial charge in [0.15, 0.2) is 0 Å². The summed E-state index contributed by atoms with van der Waals surface area (Å²) in [7, 11) is 0. The zero-order chi connectivity index (χ0) is 16.6. The maximum absolute atomic E-state index is 13.1. The number of carbonyl (C=O) groups excluding carboxylic acids is 1. The van der Waals surface area contributed by atoms with Gasteiger partial charge in [0.1, 0.15) is 0 Å². The highest BCUT2D eigenvalue weighted by molar-refractivity contribution is 6.07. The molecule has 3 heteroatoms. The van der Waals surface area contributed by atoms with Gasteiger partial charge in [-0.2, -0.15) is 0 Å². The molecule has 0 saturated carbocycles. The van der Waals surface area contributed by atoms with Gasteiger partial charge in [0.2, 0.25) is 0 Å². The summed E-state index contributed by atoms with van der Waals surface area (Å²) in [6.07, 6.45) is 2.13. The van der Waals surface area contributed by atoms with E-state index >= 15 is 0 Å². The van der Waals surface area contributed by atoms with Gasteiger partial charge in [-0.05, 0) is 58.0 Å². The minimum Gasteiger partial charge on any atom is -0.287 e. The Labute approximate surface area is 137 Å². The van der Waals surface area contributed by atoms with E-state index in [0.717, 1.165) is 17.1 Å². The number of anilines is 2. The molecule has 2 aromatic rings. The monoisotopic (exact) mass is 306 g/mol. The topological polar surface area (TPSA) is 23.6 Å². The lowest BCUT2D eigenvalue weighted by Gasteiger charge is -2.38. The first-order valence-corrected chi connectivity index (χ1v) is 7.92. The lowest BCUT2D eigenvalue weighted by Crippen LogP contribution is -2.50. The van der Waals surface area contributed by atoms with Crippen molar-refractivity contribution in [3.63, 3.8) is 0 Å². The summed E-state index contributed by atoms with van der Waals surface area (Å²) in [5, 5.41) is 0. The molecule has 1 heterocycles. The van der Waals surface area contributed by atoms with E-state index in [1.807, 2.05) is 81.1 Å². The molecule has 0 fully saturated rings. The Bertz CT molecular complexity index is 744. The van der Waals surface area contributed by atoms with Crippen molar-refractivity contribution >= 4 is 17.4 Å². The van der Waals surface area contributed by atoms with Crippen molar-refractivity contribution in [1.29, 1.82) is 0 Å². The van der Waals surface area contributed by atoms with Crippen molar-refractivity contribution in [2.24, 2.45) is 0 Å². The van der Waals surface area contributed by atoms with Crippen LogP contribution in [0.4, 0.5) is 16.2 Å². The van der Waals surface area contributed by atoms with E-state index in [1.165, 1.54) is 11.1 Å². The number of benzene rings is 2. The molecular weight excluding hydrogens is 284 g/mol. The first-order chi connectivity index (χ1) is 11.0. The van der Waals surface area contributed by atoms with E-state index in [4.69, 9.17) is 0 Å². The van der Waals surface area contributed by atoms with Crippen molar-refractivity contribution in [3.05, 3.63) is 71.4 Å². The smallest absolute Gasteiger partial charge is 0.287 e. The average molecular weight is 306 g/mol. The minimum absolute atomic E-state index is 0.00907. The highest BCUT2D eigenvalue weighted by atomic mass is 16.2. The van der Waals surface area contributed by atoms with Gasteiger partial charge in [-0.25, -0.2) is 4.79 Å². The first-order valence-electron chi connectivity index (χ1n) is 7.92. The highest BCUT2D eigenvalue weighted by Gasteiger charge is 2.32. The van der Waals surface area contributed by atoms with E-state index in [-0.39, 0.29) is 12.1 Å². The van der Waals surface area contributed by atoms with Gasteiger partial charge in [0.05, 0.1) is 11.7 Å². The molecule has 23 heavy (non-hydrogen) atoms. The van der Waals surface area contributed by atoms with Crippen LogP contribution in [0.25, 0.3) is 0 Å². The summed E-state index contributed by atoms with van der Waals surface area (Å²) in [5.74, 6) is 0. The van der Waals surface area contributed by atoms with Gasteiger partial charge in [-0.15, -0.1) is 0 Å². The first kappa shape index (κ1) is 15.3. The van der Waals surface area contributed by atoms with Gasteiger partial charge >= 0.3 is 6.03 Å². The molecule has 1 aliphatic rings. The van der Waals surface area contributed by atoms with Crippen molar-refractivity contribution in [1.82, 2.24) is 0 Å². The molecule has 0 bridgehead atoms. The number of carbonyl (C=O) groups is 1. The Kier molecular flexibility index (Phi) is 3.95. The number of urea groups is 1. The summed E-state index contributed by atoms with van der Waals surface area (Å²) >= 11 is 0. The molecule has 118 valence electrons. The SMILES string of the molecule is CC1=C[C@@H](C)N(c2ccc(C)cc2)C(=O)N1c1ccc(C)cc1. The summed E-state index contributed by atoms with van der Waals surface area (Å²) < 4.78 is 0. The Morgan fingerprint density at radius 3 is 1.78 bits per heavy atom. The van der Waals surface area contributed by atoms with E-state index in [0.29, 0.717) is 0 Å². The molecule has 2 amide bonds. The van der Waals surface area contributed by atoms with Crippen molar-refractivity contribution in [3.8, 4) is 0 Å². The number of rotatable bonds is 2. The van der Waals surface area contributed by atoms with Crippen molar-refractivity contribution in [2.75, 3.05) is 9.80 Å². The Balaban J connectivity index is 2.02. The zero-order valence-corrected chi connectivity index (χ0v) is 14.1. The lowest BCUT2D eigenvalue weighted by atomic mass is 10.1. The van der Waals surface area contributed by atoms with Crippen LogP contribution in [-0.4, -0.2) is 12.1 Å². The predicted molar refractivity (Wildman–Crippen MR) is 95.9 cm³/mol. The van der Waals surface area contributed by atoms with Gasteiger partial charge < -0.3 is 0 Å². The number of hydrogen-bond donors (Lipinski definition) is 0. The summed E-state index contributed by atoms with van der Waals surface area (Å²) in [5.41, 5.74) is 5.17. The van der Waals surface area contributed by atoms with E-state index in [1.54, 1.807) is 4.90 Å². The molecule has 1 atom stereocenters. The van der Waals surface area contributed by atoms with Crippen LogP contribution in [0.5, 0.6) is 0 Å². The van der Waals surface area contributed by atoms with Crippen LogP contribution >= 0.6 is 0 Å². The molecule has 0 aliphatic carbocycles. The lowest BCUT2D eigenvalue weighted by molar-refractivity contribution is 0.251. The maximum atomic E-state index is 13.1. The van der Waals surface area contributed by atoms with Crippen LogP contribution in [0, 0.1) is 13.8 Å². The summed E-state index contributed by atoms with van der Waals surface area (Å²) in [4.78, 5) is 16.7. The zero-order valence-electron chi connectivity index (χ0n) is 14.1. The Morgan fingerprint density at radius 1 is 0.783 bits per heavy atom. The van der Waals surface area contributed by atoms with Crippen LogP contribution < -0.4 is 9.80 Å². The summed E-state index contributed by atoms with van der Waals surface area (Å²) in [6.45, 7) is 8.13. The molecule has 0 spiro atoms. The standard InChI is InChI=1S/C20H22N2O/c1-14-5-9-18(10-6-14)21-16(3)13-17(4)22(20(21)23)19-11-7-15(2)8-12-19/h5-13,16H,1-4H3/t16-/m1/s1. The number of nitrogens with zero attached hydrogens (tertiary/aromatic N) is 2. The highest BCUT2D eigenvalue weighted by Crippen LogP contribution is 2.30. The molecule has 2 aromatic carbocycles. The number of amides is 2. The van der Waals surface area contributed by atoms with Crippen molar-refractivity contribution in [2.45, 2.75) is 33.7 Å². The van der Waals surface area contributed by atoms with E-state index in [9.17, 15) is 4.79 Å². The van der Waals surface area contributed by atoms with Crippen LogP contribution in [0.15, 0.2) is 60.3 Å². The molecule has 3 nitrogen and oxygen atoms in total. The second-order valence-corrected chi connectivity index (χ2v) is 6.21. The molecule has 1 aliphatic heterocycles. The van der Waals surface area contributed by atoms with Gasteiger partial charge in [-0.3, -0.25) is 9.80 Å². The largest absolute Gasteiger partial charge is 0.333 e. The fraction of sp³-hybridized carbons (Fsp3) is 0.250. The van der Waals surface area contributed by atoms with Gasteiger partial charge in [-0.1, -0.05) is 35.4 Å². The fourth-order valence-corrected chi connectivity index (χ4v) is 2.99. The quantitative estimate of drug-likeness (QED) is 0.762. The minimum atomic E-state index is -0.00907. The second-order valence-electron chi connectivity index (χ2n) is 6.21. The molecule has 0 radical (unpaired) electrons. The number of aryl methyl sites for hydroxylation is 2. The van der Waals surface area contributed by atoms with Gasteiger partial charge in [0.25, 0.3) is 0 Å². The molecule has 0 unspecified atom stereocenters. The van der Waals surface area contributed by atoms with Crippen LogP contribution in [0.2, 0.25) is 0 Å². The number of hydrogen-bond acceptors (Lipinski definition) is 1.